The maximum Gasteiger partial charge on any atom is 0.0972 e. The maximum absolute atomic E-state index is 9.53. The first kappa shape index (κ1) is 18.9. The minimum atomic E-state index is 0.664. The molecule has 0 saturated carbocycles. The second kappa shape index (κ2) is 7.98. The van der Waals surface area contributed by atoms with E-state index in [0.717, 1.165) is 42.3 Å². The zero-order chi connectivity index (χ0) is 20.5. The van der Waals surface area contributed by atoms with Crippen LogP contribution in [0.4, 0.5) is 5.69 Å². The third kappa shape index (κ3) is 3.60. The number of rotatable bonds is 3. The van der Waals surface area contributed by atoms with E-state index in [0.29, 0.717) is 6.54 Å². The molecule has 5 heteroatoms. The number of anilines is 1. The number of morpholine rings is 1. The molecule has 0 unspecified atom stereocenters. The summed E-state index contributed by atoms with van der Waals surface area (Å²) < 4.78 is 5.47. The fourth-order valence-electron chi connectivity index (χ4n) is 4.06. The molecule has 2 aliphatic rings. The molecular formula is C25H23N3OS. The Bertz CT molecular complexity index is 1190. The van der Waals surface area contributed by atoms with Crippen LogP contribution in [0.5, 0.6) is 0 Å². The number of ether oxygens (including phenoxy) is 1. The summed E-state index contributed by atoms with van der Waals surface area (Å²) in [6.45, 7) is 4.16. The molecule has 2 aromatic carbocycles. The molecule has 0 radical (unpaired) electrons. The Morgan fingerprint density at radius 2 is 1.73 bits per heavy atom. The Labute approximate surface area is 180 Å². The number of hydrogen-bond donors (Lipinski definition) is 0. The molecule has 2 aliphatic heterocycles. The van der Waals surface area contributed by atoms with Gasteiger partial charge in [-0.15, -0.1) is 11.3 Å². The third-order valence-corrected chi connectivity index (χ3v) is 6.89. The lowest BCUT2D eigenvalue weighted by molar-refractivity contribution is 0.122. The highest BCUT2D eigenvalue weighted by Gasteiger charge is 2.15. The smallest absolute Gasteiger partial charge is 0.0972 e. The van der Waals surface area contributed by atoms with Gasteiger partial charge in [-0.2, -0.15) is 5.26 Å². The van der Waals surface area contributed by atoms with Gasteiger partial charge in [-0.1, -0.05) is 18.2 Å². The van der Waals surface area contributed by atoms with Crippen LogP contribution in [0, 0.1) is 11.3 Å². The van der Waals surface area contributed by atoms with Gasteiger partial charge in [0.2, 0.25) is 0 Å². The molecule has 3 aromatic rings. The number of hydrogen-bond acceptors (Lipinski definition) is 5. The second-order valence-electron chi connectivity index (χ2n) is 7.74. The predicted molar refractivity (Wildman–Crippen MR) is 125 cm³/mol. The van der Waals surface area contributed by atoms with E-state index in [1.165, 1.54) is 26.9 Å². The van der Waals surface area contributed by atoms with Crippen molar-refractivity contribution in [1.29, 1.82) is 5.26 Å². The van der Waals surface area contributed by atoms with Gasteiger partial charge in [0, 0.05) is 41.2 Å². The molecule has 0 bridgehead atoms. The minimum Gasteiger partial charge on any atom is -0.378 e. The Morgan fingerprint density at radius 3 is 2.57 bits per heavy atom. The molecule has 1 saturated heterocycles. The topological polar surface area (TPSA) is 39.5 Å². The van der Waals surface area contributed by atoms with Gasteiger partial charge in [0.25, 0.3) is 0 Å². The predicted octanol–water partition coefficient (Wildman–Crippen LogP) is 5.14. The lowest BCUT2D eigenvalue weighted by atomic mass is 10.0. The van der Waals surface area contributed by atoms with E-state index in [-0.39, 0.29) is 0 Å². The van der Waals surface area contributed by atoms with E-state index in [1.54, 1.807) is 11.3 Å². The molecule has 30 heavy (non-hydrogen) atoms. The molecule has 0 amide bonds. The number of benzene rings is 2. The number of allylic oxidation sites excluding steroid dienone is 2. The van der Waals surface area contributed by atoms with Crippen molar-refractivity contribution in [3.63, 3.8) is 0 Å². The molecule has 0 aliphatic carbocycles. The van der Waals surface area contributed by atoms with Gasteiger partial charge in [0.05, 0.1) is 31.4 Å². The summed E-state index contributed by atoms with van der Waals surface area (Å²) in [6, 6.07) is 20.0. The maximum atomic E-state index is 9.53. The molecular weight excluding hydrogens is 390 g/mol. The monoisotopic (exact) mass is 413 g/mol. The van der Waals surface area contributed by atoms with Crippen molar-refractivity contribution in [3.05, 3.63) is 71.3 Å². The molecule has 150 valence electrons. The number of nitrogens with zero attached hydrogens (tertiary/aromatic N) is 3. The molecule has 0 N–H and O–H groups in total. The number of thiophene rings is 1. The summed E-state index contributed by atoms with van der Waals surface area (Å²) in [5, 5.41) is 12.0. The van der Waals surface area contributed by atoms with Crippen molar-refractivity contribution in [2.24, 2.45) is 0 Å². The summed E-state index contributed by atoms with van der Waals surface area (Å²) in [5.41, 5.74) is 4.35. The van der Waals surface area contributed by atoms with Gasteiger partial charge in [0.1, 0.15) is 0 Å². The van der Waals surface area contributed by atoms with Crippen LogP contribution in [0.1, 0.15) is 4.88 Å². The summed E-state index contributed by atoms with van der Waals surface area (Å²) in [7, 11) is 1.99. The molecule has 0 atom stereocenters. The van der Waals surface area contributed by atoms with Gasteiger partial charge in [-0.25, -0.2) is 0 Å². The van der Waals surface area contributed by atoms with Gasteiger partial charge in [-0.3, -0.25) is 0 Å². The van der Waals surface area contributed by atoms with E-state index in [2.05, 4.69) is 59.5 Å². The quantitative estimate of drug-likeness (QED) is 0.596. The lowest BCUT2D eigenvalue weighted by Gasteiger charge is -2.29. The average Bonchev–Trinajstić information content (AvgIpc) is 3.29. The highest BCUT2D eigenvalue weighted by Crippen LogP contribution is 2.36. The van der Waals surface area contributed by atoms with Crippen LogP contribution in [0.15, 0.2) is 66.4 Å². The lowest BCUT2D eigenvalue weighted by Crippen LogP contribution is -2.36. The number of fused-ring (bicyclic) bond motifs is 1. The van der Waals surface area contributed by atoms with Crippen LogP contribution in [-0.4, -0.2) is 44.8 Å². The fourth-order valence-corrected chi connectivity index (χ4v) is 5.11. The zero-order valence-electron chi connectivity index (χ0n) is 17.0. The van der Waals surface area contributed by atoms with Gasteiger partial charge < -0.3 is 14.5 Å². The van der Waals surface area contributed by atoms with Crippen LogP contribution in [0.2, 0.25) is 0 Å². The SMILES string of the molecule is CN1C=CC(c2ccc(-c3ccc4cc(N5CCOCC5)ccc4c3)s2)=C(C#N)C1. The summed E-state index contributed by atoms with van der Waals surface area (Å²) in [6.07, 6.45) is 4.09. The first-order valence-corrected chi connectivity index (χ1v) is 11.0. The minimum absolute atomic E-state index is 0.664. The molecule has 4 nitrogen and oxygen atoms in total. The van der Waals surface area contributed by atoms with E-state index < -0.39 is 0 Å². The van der Waals surface area contributed by atoms with Crippen LogP contribution in [0.25, 0.3) is 26.8 Å². The second-order valence-corrected chi connectivity index (χ2v) is 8.83. The molecule has 3 heterocycles. The summed E-state index contributed by atoms with van der Waals surface area (Å²) in [5.74, 6) is 0. The van der Waals surface area contributed by atoms with Crippen LogP contribution in [-0.2, 0) is 4.74 Å². The van der Waals surface area contributed by atoms with Crippen molar-refractivity contribution in [1.82, 2.24) is 4.90 Å². The van der Waals surface area contributed by atoms with Crippen molar-refractivity contribution in [2.45, 2.75) is 0 Å². The molecule has 1 fully saturated rings. The van der Waals surface area contributed by atoms with Crippen LogP contribution < -0.4 is 4.90 Å². The van der Waals surface area contributed by atoms with Crippen molar-refractivity contribution < 1.29 is 4.74 Å². The normalized spacial score (nSPS) is 16.9. The summed E-state index contributed by atoms with van der Waals surface area (Å²) >= 11 is 1.75. The van der Waals surface area contributed by atoms with Crippen LogP contribution >= 0.6 is 11.3 Å². The van der Waals surface area contributed by atoms with Gasteiger partial charge in [0.15, 0.2) is 0 Å². The Morgan fingerprint density at radius 1 is 0.967 bits per heavy atom. The average molecular weight is 414 g/mol. The first-order valence-electron chi connectivity index (χ1n) is 10.2. The zero-order valence-corrected chi connectivity index (χ0v) is 17.8. The summed E-state index contributed by atoms with van der Waals surface area (Å²) in [4.78, 5) is 6.79. The third-order valence-electron chi connectivity index (χ3n) is 5.72. The Hall–Kier alpha value is -3.07. The molecule has 5 rings (SSSR count). The Balaban J connectivity index is 1.44. The first-order chi connectivity index (χ1) is 14.7. The number of nitriles is 1. The van der Waals surface area contributed by atoms with E-state index in [1.807, 2.05) is 24.2 Å². The van der Waals surface area contributed by atoms with Crippen LogP contribution in [0.3, 0.4) is 0 Å². The van der Waals surface area contributed by atoms with E-state index >= 15 is 0 Å². The van der Waals surface area contributed by atoms with Gasteiger partial charge in [-0.05, 0) is 58.9 Å². The highest BCUT2D eigenvalue weighted by molar-refractivity contribution is 7.16. The highest BCUT2D eigenvalue weighted by atomic mass is 32.1. The van der Waals surface area contributed by atoms with Crippen molar-refractivity contribution in [2.75, 3.05) is 44.8 Å². The van der Waals surface area contributed by atoms with E-state index in [4.69, 9.17) is 4.74 Å². The van der Waals surface area contributed by atoms with Crippen molar-refractivity contribution >= 4 is 33.4 Å². The van der Waals surface area contributed by atoms with E-state index in [9.17, 15) is 5.26 Å². The number of likely N-dealkylation sites (N-methyl/N-ethyl adjacent to an activating group) is 1. The van der Waals surface area contributed by atoms with Gasteiger partial charge >= 0.3 is 0 Å². The molecule has 0 spiro atoms. The Kier molecular flexibility index (Phi) is 5.04. The molecule has 1 aromatic heterocycles. The van der Waals surface area contributed by atoms with Crippen molar-refractivity contribution in [3.8, 4) is 16.5 Å². The fraction of sp³-hybridized carbons (Fsp3) is 0.240. The largest absolute Gasteiger partial charge is 0.378 e. The standard InChI is InChI=1S/C25H23N3OS/c1-27-9-8-23(21(16-26)17-27)25-7-6-24(30-25)20-3-2-19-15-22(5-4-18(19)14-20)28-10-12-29-13-11-28/h2-9,14-15H,10-13,17H2,1H3.